The number of hydrogen-bond acceptors (Lipinski definition) is 4. The van der Waals surface area contributed by atoms with Crippen LogP contribution in [0, 0.1) is 12.8 Å². The van der Waals surface area contributed by atoms with Gasteiger partial charge in [-0.3, -0.25) is 9.59 Å². The Bertz CT molecular complexity index is 603. The van der Waals surface area contributed by atoms with Gasteiger partial charge < -0.3 is 19.7 Å². The van der Waals surface area contributed by atoms with Crippen molar-refractivity contribution in [2.24, 2.45) is 0 Å². The van der Waals surface area contributed by atoms with Gasteiger partial charge in [-0.1, -0.05) is 0 Å². The monoisotopic (exact) mass is 262 g/mol. The molecule has 0 radical (unpaired) electrons. The Morgan fingerprint density at radius 2 is 1.95 bits per heavy atom. The van der Waals surface area contributed by atoms with Gasteiger partial charge in [-0.25, -0.2) is 0 Å². The van der Waals surface area contributed by atoms with E-state index in [9.17, 15) is 19.8 Å². The highest BCUT2D eigenvalue weighted by molar-refractivity contribution is 5.96. The van der Waals surface area contributed by atoms with E-state index in [1.165, 1.54) is 10.8 Å². The molecule has 1 aromatic heterocycles. The van der Waals surface area contributed by atoms with Gasteiger partial charge in [0.25, 0.3) is 11.3 Å². The molecule has 2 aliphatic heterocycles. The molecule has 19 heavy (non-hydrogen) atoms. The van der Waals surface area contributed by atoms with Crippen LogP contribution in [0.25, 0.3) is 0 Å². The zero-order valence-electron chi connectivity index (χ0n) is 10.2. The van der Waals surface area contributed by atoms with Crippen LogP contribution < -0.4 is 5.43 Å². The molecule has 6 nitrogen and oxygen atoms in total. The van der Waals surface area contributed by atoms with Crippen molar-refractivity contribution >= 4 is 5.91 Å². The number of aromatic hydroxyl groups is 2. The fourth-order valence-corrected chi connectivity index (χ4v) is 2.66. The largest absolute Gasteiger partial charge is 0.503 e. The third-order valence-electron chi connectivity index (χ3n) is 3.49. The Hall–Kier alpha value is -2.42. The number of rotatable bonds is 0. The minimum Gasteiger partial charge on any atom is -0.503 e. The molecule has 1 aromatic rings. The van der Waals surface area contributed by atoms with Crippen LogP contribution in [0.3, 0.4) is 0 Å². The van der Waals surface area contributed by atoms with Crippen molar-refractivity contribution in [2.45, 2.75) is 25.4 Å². The predicted molar refractivity (Wildman–Crippen MR) is 68.0 cm³/mol. The van der Waals surface area contributed by atoms with Crippen molar-refractivity contribution in [3.63, 3.8) is 0 Å². The van der Waals surface area contributed by atoms with E-state index >= 15 is 0 Å². The number of amides is 1. The third kappa shape index (κ3) is 1.83. The molecule has 0 spiro atoms. The summed E-state index contributed by atoms with van der Waals surface area (Å²) >= 11 is 0. The van der Waals surface area contributed by atoms with E-state index in [0.717, 1.165) is 12.8 Å². The summed E-state index contributed by atoms with van der Waals surface area (Å²) in [5.41, 5.74) is -0.895. The third-order valence-corrected chi connectivity index (χ3v) is 3.49. The number of nitrogens with zero attached hydrogens (tertiary/aromatic N) is 2. The molecule has 0 saturated carbocycles. The number of aromatic nitrogens is 1. The maximum atomic E-state index is 12.1. The molecule has 2 aliphatic rings. The summed E-state index contributed by atoms with van der Waals surface area (Å²) in [5, 5.41) is 19.0. The molecular weight excluding hydrogens is 248 g/mol. The highest BCUT2D eigenvalue weighted by Crippen LogP contribution is 2.29. The molecule has 0 aliphatic carbocycles. The van der Waals surface area contributed by atoms with Crippen molar-refractivity contribution in [1.29, 1.82) is 0 Å². The number of terminal acetylenes is 1. The van der Waals surface area contributed by atoms with Crippen LogP contribution in [-0.4, -0.2) is 38.2 Å². The van der Waals surface area contributed by atoms with E-state index in [1.54, 1.807) is 4.90 Å². The molecule has 100 valence electrons. The van der Waals surface area contributed by atoms with E-state index < -0.39 is 16.9 Å². The summed E-state index contributed by atoms with van der Waals surface area (Å²) in [7, 11) is 0. The van der Waals surface area contributed by atoms with Crippen LogP contribution in [0.5, 0.6) is 11.5 Å². The van der Waals surface area contributed by atoms with Gasteiger partial charge in [0, 0.05) is 13.1 Å². The highest BCUT2D eigenvalue weighted by Gasteiger charge is 2.37. The lowest BCUT2D eigenvalue weighted by Gasteiger charge is -2.32. The van der Waals surface area contributed by atoms with Gasteiger partial charge in [-0.05, 0) is 12.8 Å². The number of hydrogen-bond donors (Lipinski definition) is 2. The van der Waals surface area contributed by atoms with Crippen LogP contribution in [0.2, 0.25) is 0 Å². The maximum Gasteiger partial charge on any atom is 0.274 e. The standard InChI is InChI=1S/C11H12N2O4.C2H2/c14-7-5-12-4-6-2-1-3-13(6)11(17)8(12)10(16)9(7)15;1-2/h5-6,14,16H,1-4H2;1-2H. The van der Waals surface area contributed by atoms with Crippen LogP contribution in [0.4, 0.5) is 0 Å². The van der Waals surface area contributed by atoms with Crippen molar-refractivity contribution in [2.75, 3.05) is 6.54 Å². The molecule has 6 heteroatoms. The first-order valence-electron chi connectivity index (χ1n) is 5.89. The van der Waals surface area contributed by atoms with Crippen molar-refractivity contribution in [3.8, 4) is 24.3 Å². The second kappa shape index (κ2) is 4.69. The first-order chi connectivity index (χ1) is 9.09. The van der Waals surface area contributed by atoms with E-state index in [1.807, 2.05) is 0 Å². The molecule has 1 unspecified atom stereocenters. The lowest BCUT2D eigenvalue weighted by atomic mass is 10.1. The van der Waals surface area contributed by atoms with Crippen LogP contribution >= 0.6 is 0 Å². The molecule has 2 N–H and O–H groups in total. The molecule has 3 heterocycles. The smallest absolute Gasteiger partial charge is 0.274 e. The van der Waals surface area contributed by atoms with Gasteiger partial charge in [0.2, 0.25) is 0 Å². The summed E-state index contributed by atoms with van der Waals surface area (Å²) in [4.78, 5) is 25.2. The van der Waals surface area contributed by atoms with Crippen LogP contribution in [0.15, 0.2) is 11.0 Å². The molecule has 3 rings (SSSR count). The normalized spacial score (nSPS) is 20.2. The molecule has 0 bridgehead atoms. The average Bonchev–Trinajstić information content (AvgIpc) is 2.87. The molecule has 1 atom stereocenters. The molecule has 0 aromatic carbocycles. The number of carbonyl (C=O) groups excluding carboxylic acids is 1. The summed E-state index contributed by atoms with van der Waals surface area (Å²) in [6.45, 7) is 1.18. The minimum atomic E-state index is -0.887. The summed E-state index contributed by atoms with van der Waals surface area (Å²) in [6, 6.07) is 0.108. The Morgan fingerprint density at radius 3 is 2.63 bits per heavy atom. The van der Waals surface area contributed by atoms with Gasteiger partial charge in [-0.15, -0.1) is 12.8 Å². The predicted octanol–water partition coefficient (Wildman–Crippen LogP) is 0.127. The zero-order valence-corrected chi connectivity index (χ0v) is 10.2. The summed E-state index contributed by atoms with van der Waals surface area (Å²) < 4.78 is 1.47. The van der Waals surface area contributed by atoms with Gasteiger partial charge in [-0.2, -0.15) is 0 Å². The van der Waals surface area contributed by atoms with Crippen molar-refractivity contribution in [3.05, 3.63) is 22.1 Å². The van der Waals surface area contributed by atoms with Crippen LogP contribution in [0.1, 0.15) is 23.3 Å². The lowest BCUT2D eigenvalue weighted by molar-refractivity contribution is 0.0660. The second-order valence-electron chi connectivity index (χ2n) is 4.49. The quantitative estimate of drug-likeness (QED) is 0.651. The van der Waals surface area contributed by atoms with Gasteiger partial charge in [0.05, 0.1) is 12.2 Å². The van der Waals surface area contributed by atoms with E-state index in [2.05, 4.69) is 12.8 Å². The molecule has 1 fully saturated rings. The summed E-state index contributed by atoms with van der Waals surface area (Å²) in [5.74, 6) is -1.50. The summed E-state index contributed by atoms with van der Waals surface area (Å²) in [6.07, 6.45) is 11.1. The SMILES string of the molecule is C#C.O=C1c2c(O)c(=O)c(O)cn2CC2CCCN12. The Kier molecular flexibility index (Phi) is 3.21. The van der Waals surface area contributed by atoms with E-state index in [0.29, 0.717) is 13.1 Å². The Morgan fingerprint density at radius 1 is 1.26 bits per heavy atom. The molecule has 1 amide bonds. The number of carbonyl (C=O) groups is 1. The van der Waals surface area contributed by atoms with Crippen molar-refractivity contribution < 1.29 is 15.0 Å². The first kappa shape index (κ1) is 13.0. The van der Waals surface area contributed by atoms with Gasteiger partial charge >= 0.3 is 0 Å². The average molecular weight is 262 g/mol. The molecule has 1 saturated heterocycles. The number of pyridine rings is 1. The fourth-order valence-electron chi connectivity index (χ4n) is 2.66. The highest BCUT2D eigenvalue weighted by atomic mass is 16.3. The number of fused-ring (bicyclic) bond motifs is 2. The van der Waals surface area contributed by atoms with E-state index in [4.69, 9.17) is 0 Å². The molecular formula is C13H14N2O4. The Balaban J connectivity index is 0.000000637. The second-order valence-corrected chi connectivity index (χ2v) is 4.49. The topological polar surface area (TPSA) is 82.8 Å². The van der Waals surface area contributed by atoms with Gasteiger partial charge in [0.15, 0.2) is 17.2 Å². The maximum absolute atomic E-state index is 12.1. The Labute approximate surface area is 109 Å². The first-order valence-corrected chi connectivity index (χ1v) is 5.89. The lowest BCUT2D eigenvalue weighted by Crippen LogP contribution is -2.45. The van der Waals surface area contributed by atoms with E-state index in [-0.39, 0.29) is 17.6 Å². The fraction of sp³-hybridized carbons (Fsp3) is 0.385. The van der Waals surface area contributed by atoms with Crippen molar-refractivity contribution in [1.82, 2.24) is 9.47 Å². The van der Waals surface area contributed by atoms with Crippen LogP contribution in [-0.2, 0) is 6.54 Å². The minimum absolute atomic E-state index is 0.00838. The van der Waals surface area contributed by atoms with Gasteiger partial charge in [0.1, 0.15) is 0 Å². The zero-order chi connectivity index (χ0) is 14.2.